The van der Waals surface area contributed by atoms with E-state index < -0.39 is 0 Å². The summed E-state index contributed by atoms with van der Waals surface area (Å²) < 4.78 is 12.7. The third-order valence-electron chi connectivity index (χ3n) is 2.11. The first-order chi connectivity index (χ1) is 7.13. The third kappa shape index (κ3) is 3.80. The molecular weight excluding hydrogens is 191 g/mol. The number of rotatable bonds is 5. The molecule has 0 bridgehead atoms. The number of nitrogens with one attached hydrogen (secondary N) is 1. The molecule has 3 heteroatoms. The SMILES string of the molecule is C=C(C)CC(NCC)c1ccc(F)cn1. The standard InChI is InChI=1S/C12H17FN2/c1-4-14-12(7-9(2)3)11-6-5-10(13)8-15-11/h5-6,8,12,14H,2,4,7H2,1,3H3. The minimum Gasteiger partial charge on any atom is -0.309 e. The lowest BCUT2D eigenvalue weighted by Crippen LogP contribution is -2.22. The van der Waals surface area contributed by atoms with Gasteiger partial charge in [0.2, 0.25) is 0 Å². The van der Waals surface area contributed by atoms with Crippen molar-refractivity contribution in [2.45, 2.75) is 26.3 Å². The van der Waals surface area contributed by atoms with Crippen molar-refractivity contribution in [2.24, 2.45) is 0 Å². The van der Waals surface area contributed by atoms with Crippen LogP contribution in [0.4, 0.5) is 4.39 Å². The van der Waals surface area contributed by atoms with Crippen LogP contribution in [0.15, 0.2) is 30.5 Å². The molecule has 0 aliphatic heterocycles. The van der Waals surface area contributed by atoms with Gasteiger partial charge in [-0.05, 0) is 32.0 Å². The molecule has 1 rings (SSSR count). The van der Waals surface area contributed by atoms with E-state index in [4.69, 9.17) is 0 Å². The van der Waals surface area contributed by atoms with Gasteiger partial charge in [0.25, 0.3) is 0 Å². The number of hydrogen-bond donors (Lipinski definition) is 1. The van der Waals surface area contributed by atoms with Crippen LogP contribution < -0.4 is 5.32 Å². The summed E-state index contributed by atoms with van der Waals surface area (Å²) in [6.07, 6.45) is 2.07. The monoisotopic (exact) mass is 208 g/mol. The van der Waals surface area contributed by atoms with Gasteiger partial charge in [-0.3, -0.25) is 4.98 Å². The Labute approximate surface area is 90.2 Å². The Balaban J connectivity index is 2.78. The maximum Gasteiger partial charge on any atom is 0.141 e. The van der Waals surface area contributed by atoms with Crippen LogP contribution in [0.5, 0.6) is 0 Å². The van der Waals surface area contributed by atoms with Crippen LogP contribution in [-0.4, -0.2) is 11.5 Å². The molecule has 0 aliphatic rings. The second-order valence-electron chi connectivity index (χ2n) is 3.67. The van der Waals surface area contributed by atoms with Crippen molar-refractivity contribution in [3.63, 3.8) is 0 Å². The predicted molar refractivity (Wildman–Crippen MR) is 60.0 cm³/mol. The largest absolute Gasteiger partial charge is 0.309 e. The molecule has 1 unspecified atom stereocenters. The van der Waals surface area contributed by atoms with E-state index in [0.29, 0.717) is 0 Å². The molecule has 1 aromatic heterocycles. The van der Waals surface area contributed by atoms with E-state index in [2.05, 4.69) is 16.9 Å². The number of halogens is 1. The first-order valence-electron chi connectivity index (χ1n) is 5.12. The van der Waals surface area contributed by atoms with E-state index in [9.17, 15) is 4.39 Å². The highest BCUT2D eigenvalue weighted by Crippen LogP contribution is 2.18. The van der Waals surface area contributed by atoms with Crippen molar-refractivity contribution >= 4 is 0 Å². The summed E-state index contributed by atoms with van der Waals surface area (Å²) in [7, 11) is 0. The summed E-state index contributed by atoms with van der Waals surface area (Å²) in [5.41, 5.74) is 1.95. The molecule has 82 valence electrons. The zero-order valence-electron chi connectivity index (χ0n) is 9.26. The summed E-state index contributed by atoms with van der Waals surface area (Å²) in [6, 6.07) is 3.28. The molecule has 1 atom stereocenters. The number of aromatic nitrogens is 1. The number of pyridine rings is 1. The Bertz CT molecular complexity index is 319. The Morgan fingerprint density at radius 3 is 2.80 bits per heavy atom. The fourth-order valence-corrected chi connectivity index (χ4v) is 1.47. The van der Waals surface area contributed by atoms with Crippen LogP contribution in [0, 0.1) is 5.82 Å². The van der Waals surface area contributed by atoms with Crippen LogP contribution in [0.2, 0.25) is 0 Å². The zero-order valence-corrected chi connectivity index (χ0v) is 9.26. The summed E-state index contributed by atoms with van der Waals surface area (Å²) in [4.78, 5) is 4.07. The third-order valence-corrected chi connectivity index (χ3v) is 2.11. The highest BCUT2D eigenvalue weighted by Gasteiger charge is 2.11. The highest BCUT2D eigenvalue weighted by molar-refractivity contribution is 5.12. The topological polar surface area (TPSA) is 24.9 Å². The van der Waals surface area contributed by atoms with Gasteiger partial charge in [-0.25, -0.2) is 4.39 Å². The maximum absolute atomic E-state index is 12.7. The molecule has 0 aromatic carbocycles. The summed E-state index contributed by atoms with van der Waals surface area (Å²) in [6.45, 7) is 8.75. The quantitative estimate of drug-likeness (QED) is 0.753. The molecule has 1 aromatic rings. The van der Waals surface area contributed by atoms with E-state index in [1.54, 1.807) is 6.07 Å². The van der Waals surface area contributed by atoms with Crippen molar-refractivity contribution in [3.05, 3.63) is 42.0 Å². The minimum atomic E-state index is -0.302. The van der Waals surface area contributed by atoms with Gasteiger partial charge in [-0.15, -0.1) is 6.58 Å². The van der Waals surface area contributed by atoms with E-state index in [-0.39, 0.29) is 11.9 Å². The highest BCUT2D eigenvalue weighted by atomic mass is 19.1. The van der Waals surface area contributed by atoms with Gasteiger partial charge in [0.15, 0.2) is 0 Å². The molecule has 0 fully saturated rings. The average Bonchev–Trinajstić information content (AvgIpc) is 2.17. The normalized spacial score (nSPS) is 12.5. The molecule has 0 saturated heterocycles. The van der Waals surface area contributed by atoms with Crippen LogP contribution in [-0.2, 0) is 0 Å². The van der Waals surface area contributed by atoms with Crippen LogP contribution in [0.1, 0.15) is 32.0 Å². The number of nitrogens with zero attached hydrogens (tertiary/aromatic N) is 1. The molecule has 0 aliphatic carbocycles. The Hall–Kier alpha value is -1.22. The summed E-state index contributed by atoms with van der Waals surface area (Å²) in [5.74, 6) is -0.302. The van der Waals surface area contributed by atoms with Crippen molar-refractivity contribution < 1.29 is 4.39 Å². The van der Waals surface area contributed by atoms with E-state index in [1.807, 2.05) is 13.8 Å². The molecule has 15 heavy (non-hydrogen) atoms. The van der Waals surface area contributed by atoms with Gasteiger partial charge >= 0.3 is 0 Å². The Kier molecular flexibility index (Phi) is 4.43. The van der Waals surface area contributed by atoms with E-state index in [0.717, 1.165) is 24.2 Å². The molecule has 1 N–H and O–H groups in total. The first kappa shape index (κ1) is 11.9. The van der Waals surface area contributed by atoms with Gasteiger partial charge < -0.3 is 5.32 Å². The zero-order chi connectivity index (χ0) is 11.3. The van der Waals surface area contributed by atoms with Gasteiger partial charge in [-0.2, -0.15) is 0 Å². The van der Waals surface area contributed by atoms with Crippen LogP contribution in [0.25, 0.3) is 0 Å². The lowest BCUT2D eigenvalue weighted by atomic mass is 10.1. The van der Waals surface area contributed by atoms with Crippen LogP contribution in [0.3, 0.4) is 0 Å². The molecule has 0 amide bonds. The fraction of sp³-hybridized carbons (Fsp3) is 0.417. The summed E-state index contributed by atoms with van der Waals surface area (Å²) in [5, 5.41) is 3.30. The van der Waals surface area contributed by atoms with Gasteiger partial charge in [0.05, 0.1) is 17.9 Å². The van der Waals surface area contributed by atoms with Crippen molar-refractivity contribution in [1.82, 2.24) is 10.3 Å². The first-order valence-corrected chi connectivity index (χ1v) is 5.12. The predicted octanol–water partition coefficient (Wildman–Crippen LogP) is 2.84. The fourth-order valence-electron chi connectivity index (χ4n) is 1.47. The summed E-state index contributed by atoms with van der Waals surface area (Å²) >= 11 is 0. The van der Waals surface area contributed by atoms with Gasteiger partial charge in [0, 0.05) is 0 Å². The molecule has 1 heterocycles. The van der Waals surface area contributed by atoms with E-state index >= 15 is 0 Å². The Morgan fingerprint density at radius 2 is 2.33 bits per heavy atom. The minimum absolute atomic E-state index is 0.133. The second kappa shape index (κ2) is 5.61. The van der Waals surface area contributed by atoms with Crippen LogP contribution >= 0.6 is 0 Å². The molecule has 0 saturated carbocycles. The lowest BCUT2D eigenvalue weighted by molar-refractivity contribution is 0.530. The lowest BCUT2D eigenvalue weighted by Gasteiger charge is -2.17. The Morgan fingerprint density at radius 1 is 1.60 bits per heavy atom. The maximum atomic E-state index is 12.7. The molecule has 0 spiro atoms. The molecule has 2 nitrogen and oxygen atoms in total. The second-order valence-corrected chi connectivity index (χ2v) is 3.67. The van der Waals surface area contributed by atoms with Crippen molar-refractivity contribution in [2.75, 3.05) is 6.54 Å². The smallest absolute Gasteiger partial charge is 0.141 e. The van der Waals surface area contributed by atoms with Crippen molar-refractivity contribution in [1.29, 1.82) is 0 Å². The van der Waals surface area contributed by atoms with Crippen molar-refractivity contribution in [3.8, 4) is 0 Å². The number of hydrogen-bond acceptors (Lipinski definition) is 2. The van der Waals surface area contributed by atoms with Gasteiger partial charge in [0.1, 0.15) is 5.82 Å². The van der Waals surface area contributed by atoms with E-state index in [1.165, 1.54) is 12.3 Å². The van der Waals surface area contributed by atoms with Gasteiger partial charge in [-0.1, -0.05) is 12.5 Å². The average molecular weight is 208 g/mol. The molecule has 0 radical (unpaired) electrons. The molecular formula is C12H17FN2.